The van der Waals surface area contributed by atoms with Crippen LogP contribution in [0.5, 0.6) is 0 Å². The average molecular weight is 154 g/mol. The lowest BCUT2D eigenvalue weighted by Gasteiger charge is -2.26. The Labute approximate surface area is 68.9 Å². The normalized spacial score (nSPS) is 13.6. The summed E-state index contributed by atoms with van der Waals surface area (Å²) < 4.78 is 0. The largest absolute Gasteiger partial charge is 0.302 e. The minimum Gasteiger partial charge on any atom is -0.302 e. The molecule has 0 aromatic rings. The number of hydrogen-bond donors (Lipinski definition) is 0. The molecule has 1 radical (unpaired) electrons. The zero-order chi connectivity index (χ0) is 9.02. The second-order valence-corrected chi connectivity index (χ2v) is 3.28. The van der Waals surface area contributed by atoms with E-state index >= 15 is 0 Å². The monoisotopic (exact) mass is 154 g/mol. The maximum absolute atomic E-state index is 10.3. The molecule has 11 heavy (non-hydrogen) atoms. The maximum Gasteiger partial charge on any atom is 0.230 e. The molecule has 0 rings (SSSR count). The molecule has 0 aliphatic rings. The van der Waals surface area contributed by atoms with Crippen molar-refractivity contribution in [1.82, 2.24) is 4.90 Å². The highest BCUT2D eigenvalue weighted by atomic mass is 16.1. The van der Waals surface area contributed by atoms with Crippen LogP contribution in [0.2, 0.25) is 0 Å². The Hall–Kier alpha value is -0.630. The van der Waals surface area contributed by atoms with Gasteiger partial charge in [0.25, 0.3) is 0 Å². The first-order valence-electron chi connectivity index (χ1n) is 3.74. The van der Waals surface area contributed by atoms with Gasteiger partial charge in [-0.05, 0) is 20.0 Å². The first-order valence-corrected chi connectivity index (χ1v) is 3.74. The summed E-state index contributed by atoms with van der Waals surface area (Å²) in [5, 5.41) is 0. The third-order valence-corrected chi connectivity index (χ3v) is 1.68. The van der Waals surface area contributed by atoms with Gasteiger partial charge in [-0.2, -0.15) is 0 Å². The summed E-state index contributed by atoms with van der Waals surface area (Å²) in [4.78, 5) is 12.3. The molecule has 0 bridgehead atoms. The summed E-state index contributed by atoms with van der Waals surface area (Å²) in [7, 11) is 3.88. The van der Waals surface area contributed by atoms with Gasteiger partial charge in [0.2, 0.25) is 6.29 Å². The molecular weight excluding hydrogens is 138 g/mol. The van der Waals surface area contributed by atoms with Gasteiger partial charge in [-0.15, -0.1) is 0 Å². The van der Waals surface area contributed by atoms with E-state index in [1.54, 1.807) is 0 Å². The van der Waals surface area contributed by atoms with E-state index in [9.17, 15) is 4.79 Å². The van der Waals surface area contributed by atoms with Crippen molar-refractivity contribution in [3.63, 3.8) is 0 Å². The standard InChI is InChI=1S/C9H16NO/c1-7(2)9(10(4)5)8(3)6-11/h7,9H,3H2,1-2,4-5H3. The van der Waals surface area contributed by atoms with E-state index in [4.69, 9.17) is 0 Å². The zero-order valence-electron chi connectivity index (χ0n) is 7.72. The lowest BCUT2D eigenvalue weighted by molar-refractivity contribution is 0.272. The molecule has 2 heteroatoms. The lowest BCUT2D eigenvalue weighted by Crippen LogP contribution is -2.34. The summed E-state index contributed by atoms with van der Waals surface area (Å²) in [6.45, 7) is 7.78. The molecule has 0 N–H and O–H groups in total. The average Bonchev–Trinajstić information content (AvgIpc) is 1.85. The van der Waals surface area contributed by atoms with Gasteiger partial charge in [-0.1, -0.05) is 20.4 Å². The van der Waals surface area contributed by atoms with Crippen LogP contribution in [0.15, 0.2) is 12.2 Å². The molecular formula is C9H16NO. The van der Waals surface area contributed by atoms with Crippen molar-refractivity contribution in [3.8, 4) is 0 Å². The summed E-state index contributed by atoms with van der Waals surface area (Å²) in [5.41, 5.74) is 0.532. The van der Waals surface area contributed by atoms with Crippen LogP contribution in [0.3, 0.4) is 0 Å². The van der Waals surface area contributed by atoms with Gasteiger partial charge in [-0.25, -0.2) is 0 Å². The Morgan fingerprint density at radius 2 is 1.91 bits per heavy atom. The van der Waals surface area contributed by atoms with Gasteiger partial charge >= 0.3 is 0 Å². The Kier molecular flexibility index (Phi) is 4.04. The van der Waals surface area contributed by atoms with Crippen LogP contribution in [0, 0.1) is 5.92 Å². The summed E-state index contributed by atoms with van der Waals surface area (Å²) in [5.74, 6) is 0.402. The van der Waals surface area contributed by atoms with Crippen LogP contribution in [-0.2, 0) is 4.79 Å². The zero-order valence-corrected chi connectivity index (χ0v) is 7.72. The number of rotatable bonds is 4. The van der Waals surface area contributed by atoms with Crippen molar-refractivity contribution in [1.29, 1.82) is 0 Å². The van der Waals surface area contributed by atoms with Crippen molar-refractivity contribution >= 4 is 6.29 Å². The van der Waals surface area contributed by atoms with E-state index in [1.165, 1.54) is 0 Å². The molecule has 0 heterocycles. The second-order valence-electron chi connectivity index (χ2n) is 3.28. The molecule has 0 fully saturated rings. The highest BCUT2D eigenvalue weighted by Crippen LogP contribution is 2.13. The molecule has 0 aliphatic carbocycles. The van der Waals surface area contributed by atoms with E-state index in [-0.39, 0.29) is 6.04 Å². The summed E-state index contributed by atoms with van der Waals surface area (Å²) >= 11 is 0. The molecule has 0 aromatic carbocycles. The predicted octanol–water partition coefficient (Wildman–Crippen LogP) is 1.24. The molecule has 0 spiro atoms. The van der Waals surface area contributed by atoms with E-state index in [0.717, 1.165) is 0 Å². The van der Waals surface area contributed by atoms with Crippen LogP contribution < -0.4 is 0 Å². The molecule has 0 amide bonds. The van der Waals surface area contributed by atoms with Crippen molar-refractivity contribution in [2.75, 3.05) is 14.1 Å². The molecule has 1 unspecified atom stereocenters. The van der Waals surface area contributed by atoms with Gasteiger partial charge in [0, 0.05) is 11.6 Å². The van der Waals surface area contributed by atoms with Gasteiger partial charge in [0.05, 0.1) is 0 Å². The fraction of sp³-hybridized carbons (Fsp3) is 0.667. The van der Waals surface area contributed by atoms with Crippen molar-refractivity contribution in [2.24, 2.45) is 5.92 Å². The Morgan fingerprint density at radius 1 is 1.45 bits per heavy atom. The SMILES string of the molecule is C=C([C]=O)C(C(C)C)N(C)C. The van der Waals surface area contributed by atoms with Gasteiger partial charge in [0.1, 0.15) is 0 Å². The Morgan fingerprint density at radius 3 is 2.00 bits per heavy atom. The van der Waals surface area contributed by atoms with E-state index < -0.39 is 0 Å². The number of carbonyl (C=O) groups excluding carboxylic acids is 1. The third kappa shape index (κ3) is 2.85. The van der Waals surface area contributed by atoms with Gasteiger partial charge in [-0.3, -0.25) is 4.79 Å². The van der Waals surface area contributed by atoms with Crippen LogP contribution in [0.1, 0.15) is 13.8 Å². The van der Waals surface area contributed by atoms with E-state index in [1.807, 2.05) is 25.3 Å². The van der Waals surface area contributed by atoms with Gasteiger partial charge < -0.3 is 4.90 Å². The molecule has 63 valence electrons. The van der Waals surface area contributed by atoms with Crippen LogP contribution >= 0.6 is 0 Å². The molecule has 0 saturated heterocycles. The topological polar surface area (TPSA) is 20.3 Å². The molecule has 2 nitrogen and oxygen atoms in total. The van der Waals surface area contributed by atoms with Crippen LogP contribution in [0.4, 0.5) is 0 Å². The van der Waals surface area contributed by atoms with Crippen LogP contribution in [0.25, 0.3) is 0 Å². The first-order chi connectivity index (χ1) is 5.00. The van der Waals surface area contributed by atoms with Crippen molar-refractivity contribution in [2.45, 2.75) is 19.9 Å². The highest BCUT2D eigenvalue weighted by Gasteiger charge is 2.18. The summed E-state index contributed by atoms with van der Waals surface area (Å²) in [6, 6.07) is 0.118. The van der Waals surface area contributed by atoms with Crippen molar-refractivity contribution < 1.29 is 4.79 Å². The highest BCUT2D eigenvalue weighted by molar-refractivity contribution is 5.74. The molecule has 0 aromatic heterocycles. The van der Waals surface area contributed by atoms with Crippen molar-refractivity contribution in [3.05, 3.63) is 12.2 Å². The lowest BCUT2D eigenvalue weighted by atomic mass is 9.97. The Balaban J connectivity index is 4.33. The maximum atomic E-state index is 10.3. The Bertz CT molecular complexity index is 142. The fourth-order valence-electron chi connectivity index (χ4n) is 1.37. The van der Waals surface area contributed by atoms with E-state index in [0.29, 0.717) is 11.5 Å². The predicted molar refractivity (Wildman–Crippen MR) is 47.1 cm³/mol. The quantitative estimate of drug-likeness (QED) is 0.568. The summed E-state index contributed by atoms with van der Waals surface area (Å²) in [6.07, 6.45) is 1.84. The number of likely N-dealkylation sites (N-methyl/N-ethyl adjacent to an activating group) is 1. The minimum atomic E-state index is 0.118. The minimum absolute atomic E-state index is 0.118. The number of nitrogens with zero attached hydrogens (tertiary/aromatic N) is 1. The second kappa shape index (κ2) is 4.29. The van der Waals surface area contributed by atoms with Crippen LogP contribution in [-0.4, -0.2) is 31.3 Å². The smallest absolute Gasteiger partial charge is 0.230 e. The van der Waals surface area contributed by atoms with Gasteiger partial charge in [0.15, 0.2) is 0 Å². The molecule has 0 saturated carbocycles. The van der Waals surface area contributed by atoms with E-state index in [2.05, 4.69) is 20.4 Å². The fourth-order valence-corrected chi connectivity index (χ4v) is 1.37. The molecule has 1 atom stereocenters. The molecule has 0 aliphatic heterocycles. The third-order valence-electron chi connectivity index (χ3n) is 1.68. The first kappa shape index (κ1) is 10.4. The number of hydrogen-bond acceptors (Lipinski definition) is 2.